The number of carboxylic acids is 1. The molecular formula is C13H17ClN2O2. The normalized spacial score (nSPS) is 16.9. The summed E-state index contributed by atoms with van der Waals surface area (Å²) in [5.41, 5.74) is 1.74. The topological polar surface area (TPSA) is 43.8 Å². The summed E-state index contributed by atoms with van der Waals surface area (Å²) in [6, 6.07) is 5.52. The number of rotatable bonds is 3. The van der Waals surface area contributed by atoms with Crippen LogP contribution in [-0.4, -0.2) is 49.2 Å². The quantitative estimate of drug-likeness (QED) is 0.907. The molecule has 18 heavy (non-hydrogen) atoms. The van der Waals surface area contributed by atoms with Gasteiger partial charge in [-0.25, -0.2) is 0 Å². The summed E-state index contributed by atoms with van der Waals surface area (Å²) in [6.45, 7) is 3.95. The number of likely N-dealkylation sites (N-methyl/N-ethyl adjacent to an activating group) is 1. The molecule has 0 aromatic heterocycles. The smallest absolute Gasteiger partial charge is 0.307 e. The first kappa shape index (κ1) is 13.2. The summed E-state index contributed by atoms with van der Waals surface area (Å²) in [5, 5.41) is 9.38. The number of anilines is 1. The molecule has 1 saturated heterocycles. The lowest BCUT2D eigenvalue weighted by molar-refractivity contribution is -0.136. The highest BCUT2D eigenvalue weighted by Gasteiger charge is 2.16. The zero-order valence-electron chi connectivity index (χ0n) is 10.4. The van der Waals surface area contributed by atoms with Crippen molar-refractivity contribution >= 4 is 23.3 Å². The summed E-state index contributed by atoms with van der Waals surface area (Å²) in [6.07, 6.45) is 0.0166. The van der Waals surface area contributed by atoms with E-state index in [0.29, 0.717) is 5.02 Å². The predicted molar refractivity (Wildman–Crippen MR) is 72.5 cm³/mol. The maximum Gasteiger partial charge on any atom is 0.307 e. The second kappa shape index (κ2) is 5.59. The van der Waals surface area contributed by atoms with Crippen molar-refractivity contribution in [2.24, 2.45) is 0 Å². The molecule has 0 spiro atoms. The lowest BCUT2D eigenvalue weighted by Gasteiger charge is -2.34. The average molecular weight is 269 g/mol. The Hall–Kier alpha value is -1.26. The predicted octanol–water partition coefficient (Wildman–Crippen LogP) is 1.72. The Labute approximate surface area is 112 Å². The van der Waals surface area contributed by atoms with Crippen LogP contribution in [0.15, 0.2) is 18.2 Å². The van der Waals surface area contributed by atoms with Crippen LogP contribution >= 0.6 is 11.6 Å². The van der Waals surface area contributed by atoms with Crippen LogP contribution in [0.3, 0.4) is 0 Å². The third kappa shape index (κ3) is 3.15. The maximum absolute atomic E-state index is 10.6. The Bertz CT molecular complexity index is 443. The van der Waals surface area contributed by atoms with Crippen LogP contribution in [-0.2, 0) is 11.2 Å². The van der Waals surface area contributed by atoms with Crippen LogP contribution in [0.5, 0.6) is 0 Å². The third-order valence-corrected chi connectivity index (χ3v) is 3.51. The lowest BCUT2D eigenvalue weighted by atomic mass is 10.1. The van der Waals surface area contributed by atoms with Crippen LogP contribution in [0.2, 0.25) is 5.02 Å². The van der Waals surface area contributed by atoms with Crippen molar-refractivity contribution in [1.82, 2.24) is 4.90 Å². The number of carboxylic acid groups (broad SMARTS) is 1. The molecule has 1 fully saturated rings. The second-order valence-electron chi connectivity index (χ2n) is 4.65. The van der Waals surface area contributed by atoms with Crippen molar-refractivity contribution in [2.45, 2.75) is 6.42 Å². The van der Waals surface area contributed by atoms with Crippen LogP contribution in [0.1, 0.15) is 5.56 Å². The fourth-order valence-corrected chi connectivity index (χ4v) is 2.46. The van der Waals surface area contributed by atoms with Gasteiger partial charge in [0, 0.05) is 26.2 Å². The molecule has 4 nitrogen and oxygen atoms in total. The van der Waals surface area contributed by atoms with Gasteiger partial charge in [-0.2, -0.15) is 0 Å². The molecule has 0 radical (unpaired) electrons. The lowest BCUT2D eigenvalue weighted by Crippen LogP contribution is -2.44. The van der Waals surface area contributed by atoms with E-state index in [9.17, 15) is 4.79 Å². The van der Waals surface area contributed by atoms with Gasteiger partial charge in [0.1, 0.15) is 0 Å². The molecule has 5 heteroatoms. The first-order valence-electron chi connectivity index (χ1n) is 6.00. The molecule has 98 valence electrons. The maximum atomic E-state index is 10.6. The minimum absolute atomic E-state index is 0.0166. The molecule has 1 N–H and O–H groups in total. The molecule has 1 aromatic carbocycles. The van der Waals surface area contributed by atoms with E-state index in [1.807, 2.05) is 12.1 Å². The Morgan fingerprint density at radius 2 is 2.00 bits per heavy atom. The molecule has 0 atom stereocenters. The first-order valence-corrected chi connectivity index (χ1v) is 6.38. The van der Waals surface area contributed by atoms with Crippen LogP contribution in [0.4, 0.5) is 5.69 Å². The summed E-state index contributed by atoms with van der Waals surface area (Å²) in [7, 11) is 2.11. The minimum Gasteiger partial charge on any atom is -0.481 e. The second-order valence-corrected chi connectivity index (χ2v) is 5.05. The number of hydrogen-bond acceptors (Lipinski definition) is 3. The van der Waals surface area contributed by atoms with Crippen LogP contribution in [0, 0.1) is 0 Å². The van der Waals surface area contributed by atoms with Crippen molar-refractivity contribution in [3.8, 4) is 0 Å². The largest absolute Gasteiger partial charge is 0.481 e. The molecule has 0 bridgehead atoms. The zero-order chi connectivity index (χ0) is 13.1. The van der Waals surface area contributed by atoms with Gasteiger partial charge in [0.15, 0.2) is 0 Å². The molecule has 2 rings (SSSR count). The van der Waals surface area contributed by atoms with Crippen molar-refractivity contribution in [3.05, 3.63) is 28.8 Å². The highest BCUT2D eigenvalue weighted by molar-refractivity contribution is 6.33. The van der Waals surface area contributed by atoms with E-state index in [1.165, 1.54) is 0 Å². The molecule has 0 amide bonds. The Balaban J connectivity index is 2.12. The third-order valence-electron chi connectivity index (χ3n) is 3.21. The van der Waals surface area contributed by atoms with Crippen molar-refractivity contribution in [1.29, 1.82) is 0 Å². The average Bonchev–Trinajstić information content (AvgIpc) is 2.30. The number of benzene rings is 1. The Morgan fingerprint density at radius 3 is 2.56 bits per heavy atom. The van der Waals surface area contributed by atoms with E-state index in [1.54, 1.807) is 6.07 Å². The molecule has 1 heterocycles. The van der Waals surface area contributed by atoms with E-state index in [-0.39, 0.29) is 6.42 Å². The van der Waals surface area contributed by atoms with Crippen LogP contribution < -0.4 is 4.90 Å². The van der Waals surface area contributed by atoms with Gasteiger partial charge in [0.25, 0.3) is 0 Å². The van der Waals surface area contributed by atoms with Gasteiger partial charge in [0.05, 0.1) is 17.1 Å². The Morgan fingerprint density at radius 1 is 1.33 bits per heavy atom. The van der Waals surface area contributed by atoms with Gasteiger partial charge in [-0.05, 0) is 24.7 Å². The molecule has 1 aliphatic heterocycles. The standard InChI is InChI=1S/C13H17ClN2O2/c1-15-4-6-16(7-5-15)12-3-2-10(8-11(12)14)9-13(17)18/h2-3,8H,4-7,9H2,1H3,(H,17,18). The SMILES string of the molecule is CN1CCN(c2ccc(CC(=O)O)cc2Cl)CC1. The van der Waals surface area contributed by atoms with Crippen LogP contribution in [0.25, 0.3) is 0 Å². The van der Waals surface area contributed by atoms with Crippen molar-refractivity contribution < 1.29 is 9.90 Å². The van der Waals surface area contributed by atoms with E-state index in [0.717, 1.165) is 37.4 Å². The molecular weight excluding hydrogens is 252 g/mol. The van der Waals surface area contributed by atoms with Gasteiger partial charge in [-0.15, -0.1) is 0 Å². The summed E-state index contributed by atoms with van der Waals surface area (Å²) in [5.74, 6) is -0.835. The van der Waals surface area contributed by atoms with E-state index in [2.05, 4.69) is 16.8 Å². The van der Waals surface area contributed by atoms with Gasteiger partial charge in [-0.3, -0.25) is 4.79 Å². The summed E-state index contributed by atoms with van der Waals surface area (Å²) in [4.78, 5) is 15.2. The fourth-order valence-electron chi connectivity index (χ4n) is 2.14. The number of halogens is 1. The van der Waals surface area contributed by atoms with Gasteiger partial charge in [0.2, 0.25) is 0 Å². The number of hydrogen-bond donors (Lipinski definition) is 1. The van der Waals surface area contributed by atoms with Gasteiger partial charge < -0.3 is 14.9 Å². The molecule has 1 aliphatic rings. The Kier molecular flexibility index (Phi) is 4.09. The van der Waals surface area contributed by atoms with E-state index in [4.69, 9.17) is 16.7 Å². The number of nitrogens with zero attached hydrogens (tertiary/aromatic N) is 2. The van der Waals surface area contributed by atoms with Crippen molar-refractivity contribution in [3.63, 3.8) is 0 Å². The summed E-state index contributed by atoms with van der Waals surface area (Å²) >= 11 is 6.23. The number of aliphatic carboxylic acids is 1. The number of piperazine rings is 1. The molecule has 1 aromatic rings. The monoisotopic (exact) mass is 268 g/mol. The highest BCUT2D eigenvalue weighted by Crippen LogP contribution is 2.27. The van der Waals surface area contributed by atoms with E-state index >= 15 is 0 Å². The van der Waals surface area contributed by atoms with Gasteiger partial charge in [-0.1, -0.05) is 17.7 Å². The zero-order valence-corrected chi connectivity index (χ0v) is 11.2. The summed E-state index contributed by atoms with van der Waals surface area (Å²) < 4.78 is 0. The van der Waals surface area contributed by atoms with Gasteiger partial charge >= 0.3 is 5.97 Å². The van der Waals surface area contributed by atoms with Crippen molar-refractivity contribution in [2.75, 3.05) is 38.1 Å². The first-order chi connectivity index (χ1) is 8.56. The fraction of sp³-hybridized carbons (Fsp3) is 0.462. The highest BCUT2D eigenvalue weighted by atomic mass is 35.5. The molecule has 0 unspecified atom stereocenters. The number of carbonyl (C=O) groups is 1. The van der Waals surface area contributed by atoms with E-state index < -0.39 is 5.97 Å². The molecule has 0 saturated carbocycles. The molecule has 0 aliphatic carbocycles. The minimum atomic E-state index is -0.835.